The van der Waals surface area contributed by atoms with Crippen LogP contribution in [0.2, 0.25) is 0 Å². The lowest BCUT2D eigenvalue weighted by Gasteiger charge is -2.38. The Morgan fingerprint density at radius 2 is 1.45 bits per heavy atom. The third-order valence-electron chi connectivity index (χ3n) is 5.59. The molecule has 0 N–H and O–H groups in total. The molecule has 2 heterocycles. The first-order chi connectivity index (χ1) is 14.1. The number of methoxy groups -OCH3 is 2. The molecule has 2 aliphatic heterocycles. The lowest BCUT2D eigenvalue weighted by Crippen LogP contribution is -2.52. The van der Waals surface area contributed by atoms with Crippen LogP contribution in [0.25, 0.3) is 0 Å². The maximum Gasteiger partial charge on any atom is 0.251 e. The molecule has 1 unspecified atom stereocenters. The van der Waals surface area contributed by atoms with Crippen LogP contribution in [0.4, 0.5) is 11.4 Å². The topological polar surface area (TPSA) is 62.3 Å². The van der Waals surface area contributed by atoms with E-state index in [0.717, 1.165) is 26.2 Å². The molecule has 2 aromatic carbocycles. The number of carbonyl (C=O) groups is 2. The minimum absolute atomic E-state index is 0.182. The lowest BCUT2D eigenvalue weighted by molar-refractivity contribution is -0.123. The van der Waals surface area contributed by atoms with Gasteiger partial charge in [0.05, 0.1) is 32.4 Å². The van der Waals surface area contributed by atoms with Gasteiger partial charge in [0.25, 0.3) is 5.91 Å². The van der Waals surface area contributed by atoms with E-state index in [9.17, 15) is 9.59 Å². The van der Waals surface area contributed by atoms with Crippen molar-refractivity contribution >= 4 is 23.2 Å². The summed E-state index contributed by atoms with van der Waals surface area (Å²) in [6, 6.07) is 14.9. The van der Waals surface area contributed by atoms with Crippen LogP contribution in [0, 0.1) is 0 Å². The highest BCUT2D eigenvalue weighted by Gasteiger charge is 2.43. The number of imide groups is 1. The maximum atomic E-state index is 13.1. The summed E-state index contributed by atoms with van der Waals surface area (Å²) in [6.45, 7) is 3.14. The Morgan fingerprint density at radius 1 is 0.828 bits per heavy atom. The molecule has 2 amide bonds. The summed E-state index contributed by atoms with van der Waals surface area (Å²) in [4.78, 5) is 31.5. The molecule has 7 nitrogen and oxygen atoms in total. The first-order valence-corrected chi connectivity index (χ1v) is 9.74. The van der Waals surface area contributed by atoms with Crippen molar-refractivity contribution in [2.45, 2.75) is 12.5 Å². The zero-order chi connectivity index (χ0) is 20.4. The third kappa shape index (κ3) is 3.78. The van der Waals surface area contributed by atoms with Crippen LogP contribution >= 0.6 is 0 Å². The van der Waals surface area contributed by atoms with Crippen molar-refractivity contribution in [2.24, 2.45) is 0 Å². The highest BCUT2D eigenvalue weighted by atomic mass is 16.5. The van der Waals surface area contributed by atoms with E-state index in [4.69, 9.17) is 9.47 Å². The molecule has 2 aromatic rings. The first-order valence-electron chi connectivity index (χ1n) is 9.74. The molecule has 2 fully saturated rings. The number of carbonyl (C=O) groups excluding carboxylic acids is 2. The van der Waals surface area contributed by atoms with E-state index in [1.807, 2.05) is 18.2 Å². The molecule has 152 valence electrons. The summed E-state index contributed by atoms with van der Waals surface area (Å²) in [5.74, 6) is 0.707. The van der Waals surface area contributed by atoms with Crippen molar-refractivity contribution in [3.8, 4) is 11.5 Å². The van der Waals surface area contributed by atoms with E-state index >= 15 is 0 Å². The van der Waals surface area contributed by atoms with Crippen molar-refractivity contribution in [2.75, 3.05) is 50.2 Å². The van der Waals surface area contributed by atoms with Crippen LogP contribution in [0.5, 0.6) is 11.5 Å². The normalized spacial score (nSPS) is 20.3. The molecule has 29 heavy (non-hydrogen) atoms. The van der Waals surface area contributed by atoms with E-state index in [-0.39, 0.29) is 18.2 Å². The Balaban J connectivity index is 1.48. The quantitative estimate of drug-likeness (QED) is 0.723. The van der Waals surface area contributed by atoms with Crippen LogP contribution < -0.4 is 19.3 Å². The monoisotopic (exact) mass is 395 g/mol. The number of benzene rings is 2. The Labute approximate surface area is 170 Å². The number of nitrogens with zero attached hydrogens (tertiary/aromatic N) is 3. The van der Waals surface area contributed by atoms with Crippen molar-refractivity contribution < 1.29 is 19.1 Å². The summed E-state index contributed by atoms with van der Waals surface area (Å²) in [6.07, 6.45) is 0.198. The van der Waals surface area contributed by atoms with E-state index in [0.29, 0.717) is 17.2 Å². The van der Waals surface area contributed by atoms with E-state index in [2.05, 4.69) is 21.9 Å². The first kappa shape index (κ1) is 19.3. The highest BCUT2D eigenvalue weighted by molar-refractivity contribution is 6.22. The zero-order valence-electron chi connectivity index (χ0n) is 16.7. The zero-order valence-corrected chi connectivity index (χ0v) is 16.7. The van der Waals surface area contributed by atoms with Gasteiger partial charge in [0, 0.05) is 50.1 Å². The molecular weight excluding hydrogens is 370 g/mol. The summed E-state index contributed by atoms with van der Waals surface area (Å²) in [5, 5.41) is 0. The molecule has 4 rings (SSSR count). The average molecular weight is 395 g/mol. The molecule has 0 aromatic heterocycles. The SMILES string of the molecule is COc1cc(OC)cc(N2C(=O)CC(N3CCN(c4ccccc4)CC3)C2=O)c1. The van der Waals surface area contributed by atoms with Gasteiger partial charge < -0.3 is 14.4 Å². The molecule has 2 aliphatic rings. The lowest BCUT2D eigenvalue weighted by atomic mass is 10.1. The van der Waals surface area contributed by atoms with Gasteiger partial charge >= 0.3 is 0 Å². The van der Waals surface area contributed by atoms with Gasteiger partial charge in [-0.2, -0.15) is 0 Å². The van der Waals surface area contributed by atoms with E-state index in [1.165, 1.54) is 10.6 Å². The largest absolute Gasteiger partial charge is 0.497 e. The van der Waals surface area contributed by atoms with Crippen LogP contribution in [0.15, 0.2) is 48.5 Å². The maximum absolute atomic E-state index is 13.1. The standard InChI is InChI=1S/C22H25N3O4/c1-28-18-12-17(13-19(14-18)29-2)25-21(26)15-20(22(25)27)24-10-8-23(9-11-24)16-6-4-3-5-7-16/h3-7,12-14,20H,8-11,15H2,1-2H3. The van der Waals surface area contributed by atoms with E-state index < -0.39 is 6.04 Å². The van der Waals surface area contributed by atoms with Crippen LogP contribution in [0.1, 0.15) is 6.42 Å². The number of para-hydroxylation sites is 1. The number of hydrogen-bond acceptors (Lipinski definition) is 6. The van der Waals surface area contributed by atoms with Gasteiger partial charge in [0.1, 0.15) is 11.5 Å². The Kier molecular flexibility index (Phi) is 5.40. The molecule has 0 radical (unpaired) electrons. The summed E-state index contributed by atoms with van der Waals surface area (Å²) >= 11 is 0. The fourth-order valence-corrected chi connectivity index (χ4v) is 4.02. The van der Waals surface area contributed by atoms with Crippen LogP contribution in [-0.2, 0) is 9.59 Å². The molecule has 2 saturated heterocycles. The molecule has 0 spiro atoms. The van der Waals surface area contributed by atoms with Gasteiger partial charge in [-0.05, 0) is 12.1 Å². The number of ether oxygens (including phenoxy) is 2. The molecule has 0 aliphatic carbocycles. The average Bonchev–Trinajstić information content (AvgIpc) is 3.08. The van der Waals surface area contributed by atoms with Gasteiger partial charge in [-0.3, -0.25) is 14.5 Å². The van der Waals surface area contributed by atoms with Crippen molar-refractivity contribution in [1.82, 2.24) is 4.90 Å². The third-order valence-corrected chi connectivity index (χ3v) is 5.59. The fraction of sp³-hybridized carbons (Fsp3) is 0.364. The molecule has 7 heteroatoms. The second-order valence-corrected chi connectivity index (χ2v) is 7.22. The smallest absolute Gasteiger partial charge is 0.251 e. The fourth-order valence-electron chi connectivity index (χ4n) is 4.02. The second-order valence-electron chi connectivity index (χ2n) is 7.22. The number of rotatable bonds is 5. The molecule has 1 atom stereocenters. The molecule has 0 bridgehead atoms. The Morgan fingerprint density at radius 3 is 2.03 bits per heavy atom. The van der Waals surface area contributed by atoms with Gasteiger partial charge in [-0.25, -0.2) is 4.90 Å². The predicted octanol–water partition coefficient (Wildman–Crippen LogP) is 2.16. The minimum Gasteiger partial charge on any atom is -0.497 e. The highest BCUT2D eigenvalue weighted by Crippen LogP contribution is 2.33. The van der Waals surface area contributed by atoms with Gasteiger partial charge in [-0.1, -0.05) is 18.2 Å². The summed E-state index contributed by atoms with van der Waals surface area (Å²) < 4.78 is 10.6. The van der Waals surface area contributed by atoms with Gasteiger partial charge in [0.15, 0.2) is 0 Å². The predicted molar refractivity (Wildman–Crippen MR) is 111 cm³/mol. The van der Waals surface area contributed by atoms with Crippen molar-refractivity contribution in [3.63, 3.8) is 0 Å². The van der Waals surface area contributed by atoms with Crippen LogP contribution in [0.3, 0.4) is 0 Å². The number of anilines is 2. The number of piperazine rings is 1. The van der Waals surface area contributed by atoms with Gasteiger partial charge in [-0.15, -0.1) is 0 Å². The molecule has 0 saturated carbocycles. The Hall–Kier alpha value is -3.06. The summed E-state index contributed by atoms with van der Waals surface area (Å²) in [5.41, 5.74) is 1.67. The minimum atomic E-state index is -0.419. The number of amides is 2. The Bertz CT molecular complexity index is 872. The van der Waals surface area contributed by atoms with Crippen molar-refractivity contribution in [1.29, 1.82) is 0 Å². The van der Waals surface area contributed by atoms with Crippen LogP contribution in [-0.4, -0.2) is 63.2 Å². The van der Waals surface area contributed by atoms with Gasteiger partial charge in [0.2, 0.25) is 5.91 Å². The summed E-state index contributed by atoms with van der Waals surface area (Å²) in [7, 11) is 3.09. The second kappa shape index (κ2) is 8.13. The number of hydrogen-bond donors (Lipinski definition) is 0. The van der Waals surface area contributed by atoms with Crippen molar-refractivity contribution in [3.05, 3.63) is 48.5 Å². The molecular formula is C22H25N3O4. The van der Waals surface area contributed by atoms with E-state index in [1.54, 1.807) is 32.4 Å².